The number of phenols is 1. The molecule has 0 spiro atoms. The number of benzene rings is 1. The number of rotatable bonds is 5. The van der Waals surface area contributed by atoms with Gasteiger partial charge in [0.05, 0.1) is 23.6 Å². The molecular weight excluding hydrogens is 398 g/mol. The predicted molar refractivity (Wildman–Crippen MR) is 118 cm³/mol. The summed E-state index contributed by atoms with van der Waals surface area (Å²) < 4.78 is 5.56. The molecular formula is C23H25N3O5. The highest BCUT2D eigenvalue weighted by Gasteiger charge is 2.39. The molecule has 0 fully saturated rings. The molecule has 0 radical (unpaired) electrons. The van der Waals surface area contributed by atoms with E-state index in [-0.39, 0.29) is 45.7 Å². The first kappa shape index (κ1) is 20.7. The second-order valence-electron chi connectivity index (χ2n) is 8.80. The van der Waals surface area contributed by atoms with Gasteiger partial charge in [-0.1, -0.05) is 19.9 Å². The number of hydrogen-bond acceptors (Lipinski definition) is 7. The smallest absolute Gasteiger partial charge is 0.257 e. The maximum Gasteiger partial charge on any atom is 0.257 e. The number of hydrogen-bond donors (Lipinski definition) is 3. The standard InChI is InChI=1S/C23H25N3O5/c1-23(2)10-8-15-12(9-11-31-15)21(23)25-17-16(19(28)20(17)29)24-14-7-5-6-13(18(14)27)22(30)26(3)4/h5-7,9,11,21,24-25,27H,8,10H2,1-4H3/t21-/m0/s1. The SMILES string of the molecule is CN(C)C(=O)c1cccc(Nc2c(N[C@H]3c4ccoc4CCC3(C)C)c(=O)c2=O)c1O. The van der Waals surface area contributed by atoms with Crippen molar-refractivity contribution in [1.82, 2.24) is 4.90 Å². The normalized spacial score (nSPS) is 17.2. The van der Waals surface area contributed by atoms with E-state index >= 15 is 0 Å². The molecule has 0 bridgehead atoms. The molecule has 1 aromatic heterocycles. The molecule has 8 nitrogen and oxygen atoms in total. The summed E-state index contributed by atoms with van der Waals surface area (Å²) in [4.78, 5) is 38.3. The van der Waals surface area contributed by atoms with Crippen LogP contribution in [0.5, 0.6) is 5.75 Å². The van der Waals surface area contributed by atoms with E-state index in [1.54, 1.807) is 32.5 Å². The van der Waals surface area contributed by atoms with Gasteiger partial charge in [-0.2, -0.15) is 0 Å². The quantitative estimate of drug-likeness (QED) is 0.427. The molecule has 2 aromatic carbocycles. The minimum Gasteiger partial charge on any atom is -0.505 e. The van der Waals surface area contributed by atoms with Gasteiger partial charge in [0.15, 0.2) is 5.75 Å². The summed E-state index contributed by atoms with van der Waals surface area (Å²) in [7, 11) is 3.16. The molecule has 3 aromatic rings. The monoisotopic (exact) mass is 423 g/mol. The van der Waals surface area contributed by atoms with Crippen molar-refractivity contribution in [3.05, 3.63) is 67.9 Å². The zero-order chi connectivity index (χ0) is 22.5. The maximum atomic E-state index is 12.4. The number of aromatic hydroxyl groups is 1. The Bertz CT molecular complexity index is 1230. The van der Waals surface area contributed by atoms with Gasteiger partial charge in [0.1, 0.15) is 17.1 Å². The summed E-state index contributed by atoms with van der Waals surface area (Å²) in [6.45, 7) is 4.20. The Balaban J connectivity index is 1.67. The van der Waals surface area contributed by atoms with Gasteiger partial charge in [-0.3, -0.25) is 14.4 Å². The molecule has 8 heteroatoms. The fourth-order valence-electron chi connectivity index (χ4n) is 4.07. The third kappa shape index (κ3) is 3.37. The van der Waals surface area contributed by atoms with E-state index in [1.165, 1.54) is 11.0 Å². The lowest BCUT2D eigenvalue weighted by Gasteiger charge is -2.39. The largest absolute Gasteiger partial charge is 0.505 e. The van der Waals surface area contributed by atoms with Gasteiger partial charge in [0.2, 0.25) is 0 Å². The molecule has 0 saturated carbocycles. The first-order chi connectivity index (χ1) is 14.6. The van der Waals surface area contributed by atoms with Crippen molar-refractivity contribution in [2.24, 2.45) is 5.41 Å². The van der Waals surface area contributed by atoms with Crippen molar-refractivity contribution >= 4 is 23.0 Å². The first-order valence-corrected chi connectivity index (χ1v) is 10.1. The lowest BCUT2D eigenvalue weighted by atomic mass is 9.72. The van der Waals surface area contributed by atoms with Crippen molar-refractivity contribution in [3.8, 4) is 5.75 Å². The van der Waals surface area contributed by atoms with Crippen LogP contribution >= 0.6 is 0 Å². The fourth-order valence-corrected chi connectivity index (χ4v) is 4.07. The number of nitrogens with one attached hydrogen (secondary N) is 2. The Morgan fingerprint density at radius 3 is 2.58 bits per heavy atom. The van der Waals surface area contributed by atoms with Crippen LogP contribution in [0.25, 0.3) is 0 Å². The Kier molecular flexibility index (Phi) is 4.88. The van der Waals surface area contributed by atoms with Gasteiger partial charge in [-0.05, 0) is 30.0 Å². The lowest BCUT2D eigenvalue weighted by molar-refractivity contribution is 0.0824. The summed E-state index contributed by atoms with van der Waals surface area (Å²) in [5, 5.41) is 16.7. The zero-order valence-corrected chi connectivity index (χ0v) is 17.9. The van der Waals surface area contributed by atoms with Crippen molar-refractivity contribution in [2.45, 2.75) is 32.7 Å². The van der Waals surface area contributed by atoms with Crippen LogP contribution in [0.2, 0.25) is 0 Å². The molecule has 3 N–H and O–H groups in total. The fraction of sp³-hybridized carbons (Fsp3) is 0.348. The summed E-state index contributed by atoms with van der Waals surface area (Å²) in [6.07, 6.45) is 3.30. The van der Waals surface area contributed by atoms with Crippen LogP contribution in [-0.2, 0) is 6.42 Å². The average molecular weight is 423 g/mol. The van der Waals surface area contributed by atoms with Crippen molar-refractivity contribution in [3.63, 3.8) is 0 Å². The highest BCUT2D eigenvalue weighted by atomic mass is 16.3. The van der Waals surface area contributed by atoms with E-state index in [0.717, 1.165) is 24.2 Å². The minimum absolute atomic E-state index is 0.0705. The minimum atomic E-state index is -0.674. The molecule has 1 aliphatic rings. The Morgan fingerprint density at radius 1 is 1.16 bits per heavy atom. The average Bonchev–Trinajstić information content (AvgIpc) is 3.20. The molecule has 0 unspecified atom stereocenters. The molecule has 0 saturated heterocycles. The van der Waals surface area contributed by atoms with E-state index in [2.05, 4.69) is 24.5 Å². The van der Waals surface area contributed by atoms with E-state index in [1.807, 2.05) is 6.07 Å². The third-order valence-electron chi connectivity index (χ3n) is 6.00. The highest BCUT2D eigenvalue weighted by Crippen LogP contribution is 2.46. The van der Waals surface area contributed by atoms with E-state index in [0.29, 0.717) is 0 Å². The Labute approximate surface area is 179 Å². The van der Waals surface area contributed by atoms with E-state index < -0.39 is 10.9 Å². The summed E-state index contributed by atoms with van der Waals surface area (Å²) in [5.74, 6) is 0.217. The van der Waals surface area contributed by atoms with Crippen LogP contribution in [0.4, 0.5) is 17.1 Å². The van der Waals surface area contributed by atoms with Crippen molar-refractivity contribution < 1.29 is 14.3 Å². The number of aryl methyl sites for hydroxylation is 1. The second kappa shape index (κ2) is 7.30. The van der Waals surface area contributed by atoms with Gasteiger partial charge >= 0.3 is 0 Å². The molecule has 1 amide bonds. The van der Waals surface area contributed by atoms with Gasteiger partial charge in [0.25, 0.3) is 16.8 Å². The number of carbonyl (C=O) groups is 1. The number of anilines is 3. The van der Waals surface area contributed by atoms with Crippen molar-refractivity contribution in [2.75, 3.05) is 24.7 Å². The first-order valence-electron chi connectivity index (χ1n) is 10.1. The number of carbonyl (C=O) groups excluding carboxylic acids is 1. The molecule has 0 aliphatic heterocycles. The number of para-hydroxylation sites is 1. The van der Waals surface area contributed by atoms with E-state index in [4.69, 9.17) is 4.42 Å². The predicted octanol–water partition coefficient (Wildman–Crippen LogP) is 3.15. The van der Waals surface area contributed by atoms with Crippen LogP contribution < -0.4 is 21.5 Å². The van der Waals surface area contributed by atoms with Crippen molar-refractivity contribution in [1.29, 1.82) is 0 Å². The number of nitrogens with zero attached hydrogens (tertiary/aromatic N) is 1. The summed E-state index contributed by atoms with van der Waals surface area (Å²) in [6, 6.07) is 6.30. The number of fused-ring (bicyclic) bond motifs is 1. The van der Waals surface area contributed by atoms with Gasteiger partial charge in [0, 0.05) is 26.1 Å². The van der Waals surface area contributed by atoms with Crippen LogP contribution in [0, 0.1) is 5.41 Å². The zero-order valence-electron chi connectivity index (χ0n) is 17.9. The maximum absolute atomic E-state index is 12.4. The van der Waals surface area contributed by atoms with Crippen LogP contribution in [0.15, 0.2) is 44.5 Å². The summed E-state index contributed by atoms with van der Waals surface area (Å²) >= 11 is 0. The van der Waals surface area contributed by atoms with Gasteiger partial charge < -0.3 is 25.1 Å². The molecule has 31 heavy (non-hydrogen) atoms. The van der Waals surface area contributed by atoms with E-state index in [9.17, 15) is 19.5 Å². The molecule has 1 aliphatic carbocycles. The van der Waals surface area contributed by atoms with Gasteiger partial charge in [-0.25, -0.2) is 0 Å². The Hall–Kier alpha value is -3.55. The number of phenolic OH excluding ortho intramolecular Hbond substituents is 1. The second-order valence-corrected chi connectivity index (χ2v) is 8.80. The summed E-state index contributed by atoms with van der Waals surface area (Å²) in [5.41, 5.74) is 0.0167. The topological polar surface area (TPSA) is 112 Å². The molecule has 1 heterocycles. The highest BCUT2D eigenvalue weighted by molar-refractivity contribution is 5.99. The molecule has 4 rings (SSSR count). The van der Waals surface area contributed by atoms with Crippen LogP contribution in [0.3, 0.4) is 0 Å². The Morgan fingerprint density at radius 2 is 1.87 bits per heavy atom. The third-order valence-corrected chi connectivity index (χ3v) is 6.00. The molecule has 1 atom stereocenters. The van der Waals surface area contributed by atoms with Crippen LogP contribution in [0.1, 0.15) is 48.0 Å². The van der Waals surface area contributed by atoms with Crippen LogP contribution in [-0.4, -0.2) is 30.0 Å². The van der Waals surface area contributed by atoms with Gasteiger partial charge in [-0.15, -0.1) is 0 Å². The lowest BCUT2D eigenvalue weighted by Crippen LogP contribution is -2.41. The molecule has 162 valence electrons. The number of furan rings is 1. The number of amides is 1.